The maximum absolute atomic E-state index is 14.0. The van der Waals surface area contributed by atoms with Gasteiger partial charge in [-0.2, -0.15) is 5.26 Å². The minimum atomic E-state index is -1.17. The van der Waals surface area contributed by atoms with Crippen LogP contribution in [0.4, 0.5) is 8.78 Å². The van der Waals surface area contributed by atoms with E-state index in [-0.39, 0.29) is 17.0 Å². The van der Waals surface area contributed by atoms with Gasteiger partial charge in [0.2, 0.25) is 0 Å². The molecule has 1 aromatic heterocycles. The van der Waals surface area contributed by atoms with Crippen molar-refractivity contribution in [3.63, 3.8) is 0 Å². The van der Waals surface area contributed by atoms with E-state index >= 15 is 0 Å². The van der Waals surface area contributed by atoms with Crippen molar-refractivity contribution in [2.75, 3.05) is 0 Å². The van der Waals surface area contributed by atoms with Crippen LogP contribution < -0.4 is 0 Å². The van der Waals surface area contributed by atoms with Gasteiger partial charge in [0.1, 0.15) is 6.07 Å². The molecule has 0 aliphatic carbocycles. The minimum absolute atomic E-state index is 0.218. The van der Waals surface area contributed by atoms with Crippen LogP contribution >= 0.6 is 0 Å². The van der Waals surface area contributed by atoms with Gasteiger partial charge in [0, 0.05) is 16.7 Å². The van der Waals surface area contributed by atoms with Crippen LogP contribution in [0.1, 0.15) is 5.56 Å². The third-order valence-electron chi connectivity index (χ3n) is 4.27. The molecule has 4 rings (SSSR count). The zero-order chi connectivity index (χ0) is 19.5. The fraction of sp³-hybridized carbons (Fsp3) is 0. The highest BCUT2D eigenvalue weighted by Gasteiger charge is 2.15. The molecule has 0 fully saturated rings. The Kier molecular flexibility index (Phi) is 4.61. The average molecular weight is 369 g/mol. The number of aromatic nitrogens is 2. The molecule has 0 radical (unpaired) electrons. The normalized spacial score (nSPS) is 10.5. The van der Waals surface area contributed by atoms with Gasteiger partial charge in [-0.05, 0) is 18.2 Å². The smallest absolute Gasteiger partial charge is 0.176 e. The van der Waals surface area contributed by atoms with E-state index in [1.165, 1.54) is 6.07 Å². The van der Waals surface area contributed by atoms with Gasteiger partial charge in [0.05, 0.1) is 17.0 Å². The Morgan fingerprint density at radius 3 is 1.71 bits per heavy atom. The van der Waals surface area contributed by atoms with E-state index in [1.807, 2.05) is 66.7 Å². The number of hydrogen-bond donors (Lipinski definition) is 0. The lowest BCUT2D eigenvalue weighted by Crippen LogP contribution is -1.98. The lowest BCUT2D eigenvalue weighted by Gasteiger charge is -2.10. The molecule has 0 aliphatic rings. The molecular weight excluding hydrogens is 356 g/mol. The first-order chi connectivity index (χ1) is 13.7. The van der Waals surface area contributed by atoms with Crippen molar-refractivity contribution in [2.45, 2.75) is 0 Å². The third kappa shape index (κ3) is 3.36. The third-order valence-corrected chi connectivity index (χ3v) is 4.27. The second-order valence-electron chi connectivity index (χ2n) is 6.13. The van der Waals surface area contributed by atoms with Gasteiger partial charge in [-0.1, -0.05) is 60.7 Å². The zero-order valence-electron chi connectivity index (χ0n) is 14.6. The van der Waals surface area contributed by atoms with Gasteiger partial charge in [0.25, 0.3) is 0 Å². The summed E-state index contributed by atoms with van der Waals surface area (Å²) in [5.74, 6) is -2.06. The van der Waals surface area contributed by atoms with E-state index < -0.39 is 11.6 Å². The summed E-state index contributed by atoms with van der Waals surface area (Å²) >= 11 is 0. The van der Waals surface area contributed by atoms with E-state index in [0.717, 1.165) is 17.2 Å². The molecule has 0 bridgehead atoms. The highest BCUT2D eigenvalue weighted by molar-refractivity contribution is 5.72. The molecule has 134 valence electrons. The topological polar surface area (TPSA) is 49.6 Å². The summed E-state index contributed by atoms with van der Waals surface area (Å²) < 4.78 is 27.7. The molecule has 0 spiro atoms. The van der Waals surface area contributed by atoms with Crippen molar-refractivity contribution in [1.29, 1.82) is 5.26 Å². The predicted octanol–water partition coefficient (Wildman–Crippen LogP) is 5.63. The molecule has 0 unspecified atom stereocenters. The lowest BCUT2D eigenvalue weighted by molar-refractivity contribution is 0.506. The molecule has 3 aromatic carbocycles. The summed E-state index contributed by atoms with van der Waals surface area (Å²) in [7, 11) is 0. The van der Waals surface area contributed by atoms with Crippen molar-refractivity contribution >= 4 is 0 Å². The highest BCUT2D eigenvalue weighted by atomic mass is 19.2. The van der Waals surface area contributed by atoms with Crippen LogP contribution in [0.15, 0.2) is 78.9 Å². The Hall–Kier alpha value is -3.91. The monoisotopic (exact) mass is 369 g/mol. The molecule has 0 atom stereocenters. The van der Waals surface area contributed by atoms with Crippen LogP contribution in [0, 0.1) is 23.0 Å². The summed E-state index contributed by atoms with van der Waals surface area (Å²) in [4.78, 5) is 9.07. The number of nitriles is 1. The molecule has 1 heterocycles. The first kappa shape index (κ1) is 17.5. The van der Waals surface area contributed by atoms with Crippen LogP contribution in [0.25, 0.3) is 33.9 Å². The minimum Gasteiger partial charge on any atom is -0.228 e. The van der Waals surface area contributed by atoms with Crippen LogP contribution in [0.3, 0.4) is 0 Å². The average Bonchev–Trinajstić information content (AvgIpc) is 2.76. The molecule has 28 heavy (non-hydrogen) atoms. The molecule has 4 aromatic rings. The fourth-order valence-electron chi connectivity index (χ4n) is 2.89. The van der Waals surface area contributed by atoms with E-state index in [0.29, 0.717) is 11.4 Å². The fourth-order valence-corrected chi connectivity index (χ4v) is 2.89. The first-order valence-corrected chi connectivity index (χ1v) is 8.55. The summed E-state index contributed by atoms with van der Waals surface area (Å²) in [5, 5.41) is 9.08. The Balaban J connectivity index is 1.95. The molecule has 5 heteroatoms. The number of nitrogens with zero attached hydrogens (tertiary/aromatic N) is 3. The van der Waals surface area contributed by atoms with Crippen molar-refractivity contribution in [3.8, 4) is 40.0 Å². The maximum Gasteiger partial charge on any atom is 0.176 e. The van der Waals surface area contributed by atoms with E-state index in [1.54, 1.807) is 6.07 Å². The van der Waals surface area contributed by atoms with Crippen LogP contribution in [0.5, 0.6) is 0 Å². The van der Waals surface area contributed by atoms with Crippen LogP contribution in [0.2, 0.25) is 0 Å². The zero-order valence-corrected chi connectivity index (χ0v) is 14.6. The number of hydrogen-bond acceptors (Lipinski definition) is 3. The molecule has 0 saturated heterocycles. The van der Waals surface area contributed by atoms with Gasteiger partial charge in [0.15, 0.2) is 17.5 Å². The second kappa shape index (κ2) is 7.37. The SMILES string of the molecule is N#Cc1cc(-c2nc(-c3ccccc3)cc(-c3ccccc3)n2)cc(F)c1F. The quantitative estimate of drug-likeness (QED) is 0.470. The number of rotatable bonds is 3. The Morgan fingerprint density at radius 1 is 0.679 bits per heavy atom. The van der Waals surface area contributed by atoms with Gasteiger partial charge >= 0.3 is 0 Å². The number of benzene rings is 3. The predicted molar refractivity (Wildman–Crippen MR) is 103 cm³/mol. The highest BCUT2D eigenvalue weighted by Crippen LogP contribution is 2.28. The molecule has 0 N–H and O–H groups in total. The van der Waals surface area contributed by atoms with Crippen LogP contribution in [-0.2, 0) is 0 Å². The summed E-state index contributed by atoms with van der Waals surface area (Å²) in [6.07, 6.45) is 0. The summed E-state index contributed by atoms with van der Waals surface area (Å²) in [5.41, 5.74) is 2.88. The maximum atomic E-state index is 14.0. The standard InChI is InChI=1S/C23H13F2N3/c24-19-12-17(11-18(14-26)22(19)25)23-27-20(15-7-3-1-4-8-15)13-21(28-23)16-9-5-2-6-10-16/h1-13H. The first-order valence-electron chi connectivity index (χ1n) is 8.55. The van der Waals surface area contributed by atoms with Gasteiger partial charge < -0.3 is 0 Å². The lowest BCUT2D eigenvalue weighted by atomic mass is 10.1. The van der Waals surface area contributed by atoms with Crippen LogP contribution in [-0.4, -0.2) is 9.97 Å². The Bertz CT molecular complexity index is 1130. The van der Waals surface area contributed by atoms with Crippen molar-refractivity contribution in [1.82, 2.24) is 9.97 Å². The molecule has 3 nitrogen and oxygen atoms in total. The summed E-state index contributed by atoms with van der Waals surface area (Å²) in [6.45, 7) is 0. The van der Waals surface area contributed by atoms with Gasteiger partial charge in [-0.3, -0.25) is 0 Å². The van der Waals surface area contributed by atoms with E-state index in [2.05, 4.69) is 9.97 Å². The van der Waals surface area contributed by atoms with E-state index in [4.69, 9.17) is 5.26 Å². The van der Waals surface area contributed by atoms with Gasteiger partial charge in [-0.15, -0.1) is 0 Å². The number of halogens is 2. The van der Waals surface area contributed by atoms with Gasteiger partial charge in [-0.25, -0.2) is 18.7 Å². The van der Waals surface area contributed by atoms with Crippen molar-refractivity contribution in [3.05, 3.63) is 96.1 Å². The molecule has 0 amide bonds. The Labute approximate surface area is 160 Å². The Morgan fingerprint density at radius 2 is 1.21 bits per heavy atom. The molecule has 0 aliphatic heterocycles. The van der Waals surface area contributed by atoms with E-state index in [9.17, 15) is 8.78 Å². The molecule has 0 saturated carbocycles. The van der Waals surface area contributed by atoms with Crippen molar-refractivity contribution in [2.24, 2.45) is 0 Å². The second-order valence-corrected chi connectivity index (χ2v) is 6.13. The largest absolute Gasteiger partial charge is 0.228 e. The molecular formula is C23H13F2N3. The summed E-state index contributed by atoms with van der Waals surface area (Å²) in [6, 6.07) is 24.8. The van der Waals surface area contributed by atoms with Crippen molar-refractivity contribution < 1.29 is 8.78 Å².